The molecule has 2 fully saturated rings. The molecule has 0 aromatic heterocycles. The molecule has 2 heterocycles. The Kier molecular flexibility index (Phi) is 7.58. The van der Waals surface area contributed by atoms with Crippen molar-refractivity contribution >= 4 is 5.70 Å². The molecule has 0 N–H and O–H groups in total. The Labute approximate surface area is 200 Å². The lowest BCUT2D eigenvalue weighted by Crippen LogP contribution is -2.39. The molecular formula is C30H41FN2. The van der Waals surface area contributed by atoms with Crippen LogP contribution >= 0.6 is 0 Å². The van der Waals surface area contributed by atoms with E-state index in [0.717, 1.165) is 23.7 Å². The van der Waals surface area contributed by atoms with Gasteiger partial charge in [-0.1, -0.05) is 75.9 Å². The van der Waals surface area contributed by atoms with Crippen LogP contribution in [0.15, 0.2) is 55.1 Å². The maximum Gasteiger partial charge on any atom is 0.119 e. The van der Waals surface area contributed by atoms with Crippen molar-refractivity contribution < 1.29 is 4.39 Å². The fourth-order valence-corrected chi connectivity index (χ4v) is 5.34. The van der Waals surface area contributed by atoms with Gasteiger partial charge in [0, 0.05) is 25.3 Å². The molecule has 178 valence electrons. The Bertz CT molecular complexity index is 902. The fraction of sp³-hybridized carbons (Fsp3) is 0.533. The molecule has 2 saturated heterocycles. The first-order chi connectivity index (χ1) is 15.8. The van der Waals surface area contributed by atoms with E-state index in [-0.39, 0.29) is 0 Å². The van der Waals surface area contributed by atoms with E-state index in [9.17, 15) is 4.39 Å². The van der Waals surface area contributed by atoms with Crippen molar-refractivity contribution in [2.75, 3.05) is 32.7 Å². The zero-order valence-electron chi connectivity index (χ0n) is 20.8. The van der Waals surface area contributed by atoms with E-state index >= 15 is 0 Å². The van der Waals surface area contributed by atoms with Crippen molar-refractivity contribution in [3.63, 3.8) is 0 Å². The molecule has 2 nitrogen and oxygen atoms in total. The minimum atomic E-state index is -0.721. The van der Waals surface area contributed by atoms with Crippen molar-refractivity contribution in [2.45, 2.75) is 59.0 Å². The van der Waals surface area contributed by atoms with Crippen molar-refractivity contribution in [3.8, 4) is 11.1 Å². The quantitative estimate of drug-likeness (QED) is 0.447. The maximum absolute atomic E-state index is 13.5. The smallest absolute Gasteiger partial charge is 0.119 e. The van der Waals surface area contributed by atoms with Crippen LogP contribution in [0.1, 0.15) is 57.6 Å². The van der Waals surface area contributed by atoms with Crippen LogP contribution in [0.25, 0.3) is 16.8 Å². The van der Waals surface area contributed by atoms with Gasteiger partial charge in [-0.25, -0.2) is 4.39 Å². The summed E-state index contributed by atoms with van der Waals surface area (Å²) in [7, 11) is 0. The molecule has 3 heteroatoms. The van der Waals surface area contributed by atoms with Crippen LogP contribution in [0.2, 0.25) is 0 Å². The Balaban J connectivity index is 1.26. The molecule has 1 unspecified atom stereocenters. The molecule has 0 spiro atoms. The molecule has 4 rings (SSSR count). The number of likely N-dealkylation sites (tertiary alicyclic amines) is 2. The highest BCUT2D eigenvalue weighted by molar-refractivity contribution is 5.69. The topological polar surface area (TPSA) is 6.48 Å². The Morgan fingerprint density at radius 3 is 2.06 bits per heavy atom. The van der Waals surface area contributed by atoms with Gasteiger partial charge < -0.3 is 9.80 Å². The first-order valence-corrected chi connectivity index (χ1v) is 12.8. The lowest BCUT2D eigenvalue weighted by atomic mass is 9.88. The van der Waals surface area contributed by atoms with Crippen LogP contribution in [0, 0.1) is 11.3 Å². The summed E-state index contributed by atoms with van der Waals surface area (Å²) in [6.07, 6.45) is 5.05. The summed E-state index contributed by atoms with van der Waals surface area (Å²) in [5.41, 5.74) is 6.32. The van der Waals surface area contributed by atoms with E-state index in [4.69, 9.17) is 0 Å². The van der Waals surface area contributed by atoms with Gasteiger partial charge in [0.05, 0.1) is 0 Å². The molecule has 0 saturated carbocycles. The van der Waals surface area contributed by atoms with Gasteiger partial charge >= 0.3 is 0 Å². The molecule has 2 aliphatic heterocycles. The average molecular weight is 449 g/mol. The zero-order valence-corrected chi connectivity index (χ0v) is 20.8. The SMILES string of the molecule is C=C(c1ccc(-c2ccc(CCC3CCN(CC(C)(C)C)CC3)cc2)cc1)N1CCC(F)C1. The maximum atomic E-state index is 13.5. The van der Waals surface area contributed by atoms with Gasteiger partial charge in [0.2, 0.25) is 0 Å². The number of hydrogen-bond acceptors (Lipinski definition) is 2. The second-order valence-corrected chi connectivity index (χ2v) is 11.4. The van der Waals surface area contributed by atoms with E-state index in [2.05, 4.69) is 85.7 Å². The monoisotopic (exact) mass is 448 g/mol. The summed E-state index contributed by atoms with van der Waals surface area (Å²) in [6, 6.07) is 17.6. The molecule has 33 heavy (non-hydrogen) atoms. The number of alkyl halides is 1. The van der Waals surface area contributed by atoms with Crippen molar-refractivity contribution in [1.29, 1.82) is 0 Å². The minimum Gasteiger partial charge on any atom is -0.369 e. The summed E-state index contributed by atoms with van der Waals surface area (Å²) in [5.74, 6) is 0.866. The summed E-state index contributed by atoms with van der Waals surface area (Å²) < 4.78 is 13.5. The van der Waals surface area contributed by atoms with Crippen LogP contribution in [0.4, 0.5) is 4.39 Å². The van der Waals surface area contributed by atoms with E-state index in [1.165, 1.54) is 62.0 Å². The Hall–Kier alpha value is -2.13. The number of hydrogen-bond donors (Lipinski definition) is 0. The first-order valence-electron chi connectivity index (χ1n) is 12.8. The van der Waals surface area contributed by atoms with Gasteiger partial charge in [-0.2, -0.15) is 0 Å². The number of aryl methyl sites for hydroxylation is 1. The summed E-state index contributed by atoms with van der Waals surface area (Å²) >= 11 is 0. The molecule has 2 aromatic rings. The summed E-state index contributed by atoms with van der Waals surface area (Å²) in [6.45, 7) is 16.2. The molecule has 2 aliphatic rings. The van der Waals surface area contributed by atoms with Gasteiger partial charge in [-0.15, -0.1) is 0 Å². The van der Waals surface area contributed by atoms with Crippen LogP contribution in [0.3, 0.4) is 0 Å². The lowest BCUT2D eigenvalue weighted by Gasteiger charge is -2.36. The van der Waals surface area contributed by atoms with Crippen LogP contribution in [-0.4, -0.2) is 48.7 Å². The van der Waals surface area contributed by atoms with Gasteiger partial charge in [0.25, 0.3) is 0 Å². The minimum absolute atomic E-state index is 0.399. The van der Waals surface area contributed by atoms with Gasteiger partial charge in [0.15, 0.2) is 0 Å². The third kappa shape index (κ3) is 6.69. The van der Waals surface area contributed by atoms with Crippen LogP contribution < -0.4 is 0 Å². The Morgan fingerprint density at radius 2 is 1.52 bits per heavy atom. The van der Waals surface area contributed by atoms with E-state index in [1.807, 2.05) is 0 Å². The van der Waals surface area contributed by atoms with Crippen LogP contribution in [0.5, 0.6) is 0 Å². The molecule has 0 bridgehead atoms. The Morgan fingerprint density at radius 1 is 0.909 bits per heavy atom. The van der Waals surface area contributed by atoms with Gasteiger partial charge in [-0.05, 0) is 78.8 Å². The molecule has 0 aliphatic carbocycles. The molecule has 0 radical (unpaired) electrons. The lowest BCUT2D eigenvalue weighted by molar-refractivity contribution is 0.133. The largest absolute Gasteiger partial charge is 0.369 e. The van der Waals surface area contributed by atoms with Crippen molar-refractivity contribution in [1.82, 2.24) is 9.80 Å². The highest BCUT2D eigenvalue weighted by atomic mass is 19.1. The normalized spacial score (nSPS) is 20.4. The van der Waals surface area contributed by atoms with Crippen molar-refractivity contribution in [3.05, 3.63) is 66.2 Å². The predicted octanol–water partition coefficient (Wildman–Crippen LogP) is 7.06. The third-order valence-electron chi connectivity index (χ3n) is 7.26. The fourth-order valence-electron chi connectivity index (χ4n) is 5.34. The first kappa shape index (κ1) is 24.0. The second kappa shape index (κ2) is 10.4. The van der Waals surface area contributed by atoms with E-state index < -0.39 is 6.17 Å². The van der Waals surface area contributed by atoms with Gasteiger partial charge in [-0.3, -0.25) is 0 Å². The van der Waals surface area contributed by atoms with Crippen molar-refractivity contribution in [2.24, 2.45) is 11.3 Å². The van der Waals surface area contributed by atoms with E-state index in [1.54, 1.807) is 0 Å². The number of benzene rings is 2. The second-order valence-electron chi connectivity index (χ2n) is 11.4. The van der Waals surface area contributed by atoms with Gasteiger partial charge in [0.1, 0.15) is 6.17 Å². The summed E-state index contributed by atoms with van der Waals surface area (Å²) in [4.78, 5) is 4.71. The number of halogens is 1. The average Bonchev–Trinajstić information content (AvgIpc) is 3.24. The number of nitrogens with zero attached hydrogens (tertiary/aromatic N) is 2. The molecular weight excluding hydrogens is 407 g/mol. The molecule has 2 aromatic carbocycles. The zero-order chi connectivity index (χ0) is 23.4. The predicted molar refractivity (Wildman–Crippen MR) is 139 cm³/mol. The number of rotatable bonds is 7. The van der Waals surface area contributed by atoms with E-state index in [0.29, 0.717) is 18.4 Å². The molecule has 0 amide bonds. The third-order valence-corrected chi connectivity index (χ3v) is 7.26. The highest BCUT2D eigenvalue weighted by Crippen LogP contribution is 2.28. The summed E-state index contributed by atoms with van der Waals surface area (Å²) in [5, 5.41) is 0. The highest BCUT2D eigenvalue weighted by Gasteiger charge is 2.24. The number of piperidine rings is 1. The standard InChI is InChI=1S/C30H41FN2/c1-23(33-20-17-29(31)21-33)26-11-13-28(14-12-26)27-9-7-24(8-10-27)5-6-25-15-18-32(19-16-25)22-30(2,3)4/h7-14,25,29H,1,5-6,15-22H2,2-4H3. The van der Waals surface area contributed by atoms with Crippen LogP contribution in [-0.2, 0) is 6.42 Å². The molecule has 1 atom stereocenters.